The molecule has 1 saturated heterocycles. The Bertz CT molecular complexity index is 1730. The van der Waals surface area contributed by atoms with Crippen molar-refractivity contribution in [1.29, 1.82) is 0 Å². The molecule has 10 heteroatoms. The third kappa shape index (κ3) is 5.42. The lowest BCUT2D eigenvalue weighted by atomic mass is 9.74. The van der Waals surface area contributed by atoms with E-state index in [2.05, 4.69) is 21.9 Å². The van der Waals surface area contributed by atoms with E-state index < -0.39 is 5.79 Å². The molecule has 3 aromatic rings. The third-order valence-corrected chi connectivity index (χ3v) is 8.11. The Labute approximate surface area is 254 Å². The van der Waals surface area contributed by atoms with Crippen molar-refractivity contribution in [2.75, 3.05) is 19.6 Å². The van der Waals surface area contributed by atoms with Gasteiger partial charge in [-0.15, -0.1) is 0 Å². The number of nitrogens with zero attached hydrogens (tertiary/aromatic N) is 5. The molecule has 3 atom stereocenters. The van der Waals surface area contributed by atoms with Gasteiger partial charge in [-0.05, 0) is 47.5 Å². The van der Waals surface area contributed by atoms with Crippen molar-refractivity contribution in [2.24, 2.45) is 5.11 Å². The van der Waals surface area contributed by atoms with Crippen molar-refractivity contribution in [1.82, 2.24) is 9.80 Å². The number of imide groups is 1. The van der Waals surface area contributed by atoms with Crippen molar-refractivity contribution in [2.45, 2.75) is 37.6 Å². The Morgan fingerprint density at radius 3 is 2.11 bits per heavy atom. The van der Waals surface area contributed by atoms with Crippen LogP contribution in [0.1, 0.15) is 57.2 Å². The van der Waals surface area contributed by atoms with Crippen molar-refractivity contribution in [3.05, 3.63) is 129 Å². The summed E-state index contributed by atoms with van der Waals surface area (Å²) in [6, 6.07) is 23.6. The average molecular weight is 588 g/mol. The molecule has 0 bridgehead atoms. The standard InChI is InChI=1S/C34H29N5O5/c1-34(2)43-29(30(21-40)44-34)20-38-27(18-36-37-35)31(24-16-14-23(15-17-24)13-12-22-8-4-3-5-9-22)28(38)19-39-32(41)25-10-6-7-11-26(25)33(39)42/h3-11,14-17,21,27-28,31H,18-20H2,1-2H3/t27-,28+,31+/m0/s1. The fourth-order valence-electron chi connectivity index (χ4n) is 6.15. The van der Waals surface area contributed by atoms with Gasteiger partial charge in [0.25, 0.3) is 11.8 Å². The Balaban J connectivity index is 1.33. The van der Waals surface area contributed by atoms with Gasteiger partial charge in [0.05, 0.1) is 17.7 Å². The number of likely N-dealkylation sites (tertiary alicyclic amines) is 1. The molecular weight excluding hydrogens is 558 g/mol. The highest BCUT2D eigenvalue weighted by Gasteiger charge is 2.52. The summed E-state index contributed by atoms with van der Waals surface area (Å²) in [6.45, 7) is 3.79. The number of aldehydes is 1. The first-order valence-corrected chi connectivity index (χ1v) is 14.2. The van der Waals surface area contributed by atoms with Gasteiger partial charge in [-0.2, -0.15) is 0 Å². The summed E-state index contributed by atoms with van der Waals surface area (Å²) in [5.41, 5.74) is 12.6. The van der Waals surface area contributed by atoms with Gasteiger partial charge in [0, 0.05) is 61.0 Å². The van der Waals surface area contributed by atoms with Crippen molar-refractivity contribution < 1.29 is 23.9 Å². The van der Waals surface area contributed by atoms with Gasteiger partial charge in [0.2, 0.25) is 11.5 Å². The predicted molar refractivity (Wildman–Crippen MR) is 161 cm³/mol. The van der Waals surface area contributed by atoms with Gasteiger partial charge in [-0.3, -0.25) is 24.2 Å². The zero-order valence-corrected chi connectivity index (χ0v) is 24.2. The molecule has 0 saturated carbocycles. The second-order valence-corrected chi connectivity index (χ2v) is 11.3. The molecule has 0 unspecified atom stereocenters. The summed E-state index contributed by atoms with van der Waals surface area (Å²) in [5, 5.41) is 3.88. The number of ether oxygens (including phenoxy) is 2. The predicted octanol–water partition coefficient (Wildman–Crippen LogP) is 5.02. The van der Waals surface area contributed by atoms with Crippen molar-refractivity contribution in [3.63, 3.8) is 0 Å². The van der Waals surface area contributed by atoms with Crippen LogP contribution in [0, 0.1) is 11.8 Å². The summed E-state index contributed by atoms with van der Waals surface area (Å²) in [7, 11) is 0. The average Bonchev–Trinajstić information content (AvgIpc) is 3.47. The molecule has 0 N–H and O–H groups in total. The molecule has 6 rings (SSSR count). The highest BCUT2D eigenvalue weighted by atomic mass is 16.7. The molecule has 3 aromatic carbocycles. The number of rotatable bonds is 8. The Kier molecular flexibility index (Phi) is 7.66. The molecule has 1 fully saturated rings. The molecule has 0 aromatic heterocycles. The number of carbonyl (C=O) groups is 3. The van der Waals surface area contributed by atoms with E-state index in [-0.39, 0.29) is 55.2 Å². The number of fused-ring (bicyclic) bond motifs is 1. The van der Waals surface area contributed by atoms with Gasteiger partial charge in [0.15, 0.2) is 12.0 Å². The number of amides is 2. The maximum Gasteiger partial charge on any atom is 0.261 e. The van der Waals surface area contributed by atoms with E-state index in [1.807, 2.05) is 59.5 Å². The second kappa shape index (κ2) is 11.7. The topological polar surface area (TPSA) is 125 Å². The summed E-state index contributed by atoms with van der Waals surface area (Å²) >= 11 is 0. The van der Waals surface area contributed by atoms with E-state index in [0.717, 1.165) is 16.7 Å². The maximum atomic E-state index is 13.4. The number of azide groups is 1. The SMILES string of the molecule is CC1(C)OC(C=O)=C(CN2[C@H](CN3C(=O)c4ccccc4C3=O)[C@H](c3ccc(C#Cc4ccccc4)cc3)[C@@H]2CN=[N+]=[N-])O1. The molecule has 10 nitrogen and oxygen atoms in total. The number of hydrogen-bond acceptors (Lipinski definition) is 7. The van der Waals surface area contributed by atoms with E-state index in [1.54, 1.807) is 38.1 Å². The number of carbonyl (C=O) groups excluding carboxylic acids is 3. The largest absolute Gasteiger partial charge is 0.452 e. The minimum atomic E-state index is -1.02. The quantitative estimate of drug-likeness (QED) is 0.0910. The van der Waals surface area contributed by atoms with Crippen LogP contribution in [0.5, 0.6) is 0 Å². The van der Waals surface area contributed by atoms with E-state index >= 15 is 0 Å². The van der Waals surface area contributed by atoms with E-state index in [4.69, 9.17) is 9.47 Å². The Morgan fingerprint density at radius 2 is 1.50 bits per heavy atom. The van der Waals surface area contributed by atoms with Crippen LogP contribution in [0.25, 0.3) is 10.4 Å². The van der Waals surface area contributed by atoms with Crippen LogP contribution < -0.4 is 0 Å². The maximum absolute atomic E-state index is 13.4. The molecule has 2 amide bonds. The van der Waals surface area contributed by atoms with Crippen LogP contribution in [0.4, 0.5) is 0 Å². The monoisotopic (exact) mass is 587 g/mol. The molecule has 0 radical (unpaired) electrons. The van der Waals surface area contributed by atoms with Gasteiger partial charge in [0.1, 0.15) is 0 Å². The molecule has 0 spiro atoms. The highest BCUT2D eigenvalue weighted by molar-refractivity contribution is 6.21. The zero-order chi connectivity index (χ0) is 30.8. The summed E-state index contributed by atoms with van der Waals surface area (Å²) in [5.74, 6) is 4.82. The normalized spacial score (nSPS) is 21.8. The van der Waals surface area contributed by atoms with E-state index in [0.29, 0.717) is 23.2 Å². The lowest BCUT2D eigenvalue weighted by Crippen LogP contribution is -2.67. The van der Waals surface area contributed by atoms with Crippen LogP contribution in [0.2, 0.25) is 0 Å². The van der Waals surface area contributed by atoms with Crippen LogP contribution in [-0.2, 0) is 14.3 Å². The van der Waals surface area contributed by atoms with E-state index in [1.165, 1.54) is 4.90 Å². The first-order valence-electron chi connectivity index (χ1n) is 14.2. The Hall–Kier alpha value is -5.36. The first kappa shape index (κ1) is 28.7. The smallest absolute Gasteiger partial charge is 0.261 e. The van der Waals surface area contributed by atoms with Crippen molar-refractivity contribution >= 4 is 18.1 Å². The van der Waals surface area contributed by atoms with Crippen LogP contribution >= 0.6 is 0 Å². The summed E-state index contributed by atoms with van der Waals surface area (Å²) < 4.78 is 11.6. The number of allylic oxidation sites excluding steroid dienone is 1. The first-order chi connectivity index (χ1) is 21.3. The number of hydrogen-bond donors (Lipinski definition) is 0. The molecule has 44 heavy (non-hydrogen) atoms. The lowest BCUT2D eigenvalue weighted by molar-refractivity contribution is -0.135. The fraction of sp³-hybridized carbons (Fsp3) is 0.265. The fourth-order valence-corrected chi connectivity index (χ4v) is 6.15. The van der Waals surface area contributed by atoms with Gasteiger partial charge in [-0.1, -0.05) is 59.4 Å². The Morgan fingerprint density at radius 1 is 0.886 bits per heavy atom. The van der Waals surface area contributed by atoms with Crippen LogP contribution in [0.3, 0.4) is 0 Å². The molecular formula is C34H29N5O5. The van der Waals surface area contributed by atoms with Crippen molar-refractivity contribution in [3.8, 4) is 11.8 Å². The van der Waals surface area contributed by atoms with Crippen LogP contribution in [0.15, 0.2) is 95.5 Å². The summed E-state index contributed by atoms with van der Waals surface area (Å²) in [4.78, 5) is 44.8. The zero-order valence-electron chi connectivity index (χ0n) is 24.2. The summed E-state index contributed by atoms with van der Waals surface area (Å²) in [6.07, 6.45) is 0.609. The lowest BCUT2D eigenvalue weighted by Gasteiger charge is -2.56. The van der Waals surface area contributed by atoms with Gasteiger partial charge >= 0.3 is 0 Å². The molecule has 3 heterocycles. The minimum absolute atomic E-state index is 0.0850. The second-order valence-electron chi connectivity index (χ2n) is 11.3. The van der Waals surface area contributed by atoms with Crippen LogP contribution in [-0.4, -0.2) is 65.4 Å². The molecule has 3 aliphatic rings. The number of benzene rings is 3. The van der Waals surface area contributed by atoms with Gasteiger partial charge < -0.3 is 9.47 Å². The minimum Gasteiger partial charge on any atom is -0.452 e. The highest BCUT2D eigenvalue weighted by Crippen LogP contribution is 2.44. The molecule has 0 aliphatic carbocycles. The molecule has 3 aliphatic heterocycles. The van der Waals surface area contributed by atoms with Gasteiger partial charge in [-0.25, -0.2) is 0 Å². The molecule has 220 valence electrons. The third-order valence-electron chi connectivity index (χ3n) is 8.11. The van der Waals surface area contributed by atoms with E-state index in [9.17, 15) is 19.9 Å².